The van der Waals surface area contributed by atoms with Gasteiger partial charge in [0.05, 0.1) is 0 Å². The minimum Gasteiger partial charge on any atom is -0.263 e. The molecule has 0 aliphatic carbocycles. The van der Waals surface area contributed by atoms with Gasteiger partial charge < -0.3 is 0 Å². The molecule has 0 unspecified atom stereocenters. The zero-order valence-corrected chi connectivity index (χ0v) is 6.36. The molecule has 0 bridgehead atoms. The van der Waals surface area contributed by atoms with Crippen LogP contribution in [-0.4, -0.2) is 5.71 Å². The molecule has 0 aromatic carbocycles. The van der Waals surface area contributed by atoms with Gasteiger partial charge in [-0.05, 0) is 13.3 Å². The second kappa shape index (κ2) is 1.69. The summed E-state index contributed by atoms with van der Waals surface area (Å²) in [5, 5.41) is 0. The smallest absolute Gasteiger partial charge is 0.0391 e. The first-order valence-electron chi connectivity index (χ1n) is 3.26. The second-order valence-electron chi connectivity index (χ2n) is 3.35. The van der Waals surface area contributed by atoms with Gasteiger partial charge in [-0.25, -0.2) is 0 Å². The molecule has 0 spiro atoms. The van der Waals surface area contributed by atoms with Gasteiger partial charge in [0.2, 0.25) is 0 Å². The van der Waals surface area contributed by atoms with Crippen LogP contribution in [0.3, 0.4) is 0 Å². The Hall–Kier alpha value is -0.590. The van der Waals surface area contributed by atoms with Crippen molar-refractivity contribution in [3.05, 3.63) is 12.3 Å². The fourth-order valence-electron chi connectivity index (χ4n) is 1.16. The fourth-order valence-corrected chi connectivity index (χ4v) is 1.16. The van der Waals surface area contributed by atoms with Gasteiger partial charge in [0.1, 0.15) is 0 Å². The van der Waals surface area contributed by atoms with Crippen LogP contribution in [0.25, 0.3) is 0 Å². The predicted molar refractivity (Wildman–Crippen MR) is 40.6 cm³/mol. The molecule has 0 fully saturated rings. The Morgan fingerprint density at radius 2 is 2.11 bits per heavy atom. The normalized spacial score (nSPS) is 24.3. The molecule has 1 aliphatic rings. The summed E-state index contributed by atoms with van der Waals surface area (Å²) in [6, 6.07) is 0. The van der Waals surface area contributed by atoms with Gasteiger partial charge in [-0.1, -0.05) is 20.4 Å². The first-order valence-corrected chi connectivity index (χ1v) is 3.26. The number of hydrogen-bond donors (Lipinski definition) is 0. The van der Waals surface area contributed by atoms with Gasteiger partial charge in [0.25, 0.3) is 0 Å². The second-order valence-corrected chi connectivity index (χ2v) is 3.35. The summed E-state index contributed by atoms with van der Waals surface area (Å²) in [6.07, 6.45) is 1.08. The highest BCUT2D eigenvalue weighted by Crippen LogP contribution is 2.35. The summed E-state index contributed by atoms with van der Waals surface area (Å²) in [6.45, 7) is 10.3. The lowest BCUT2D eigenvalue weighted by Gasteiger charge is -2.15. The van der Waals surface area contributed by atoms with Crippen LogP contribution < -0.4 is 0 Å². The predicted octanol–water partition coefficient (Wildman–Crippen LogP) is 2.39. The molecule has 1 rings (SSSR count). The summed E-state index contributed by atoms with van der Waals surface area (Å²) < 4.78 is 0. The molecule has 9 heavy (non-hydrogen) atoms. The van der Waals surface area contributed by atoms with Gasteiger partial charge in [-0.15, -0.1) is 0 Å². The molecule has 1 aliphatic heterocycles. The standard InChI is InChI=1S/C8H13N/c1-6-5-8(3,4)7(2)9-6/h2,5H2,1,3-4H3. The fraction of sp³-hybridized carbons (Fsp3) is 0.625. The van der Waals surface area contributed by atoms with Crippen molar-refractivity contribution < 1.29 is 0 Å². The molecule has 0 atom stereocenters. The molecule has 1 heterocycles. The number of hydrogen-bond acceptors (Lipinski definition) is 1. The Kier molecular flexibility index (Phi) is 1.23. The zero-order chi connectivity index (χ0) is 7.07. The lowest BCUT2D eigenvalue weighted by Crippen LogP contribution is -2.08. The quantitative estimate of drug-likeness (QED) is 0.469. The van der Waals surface area contributed by atoms with E-state index in [-0.39, 0.29) is 5.41 Å². The highest BCUT2D eigenvalue weighted by atomic mass is 14.8. The Balaban J connectivity index is 2.84. The van der Waals surface area contributed by atoms with E-state index in [0.717, 1.165) is 12.1 Å². The van der Waals surface area contributed by atoms with Crippen molar-refractivity contribution >= 4 is 5.71 Å². The van der Waals surface area contributed by atoms with Crippen molar-refractivity contribution in [1.82, 2.24) is 0 Å². The van der Waals surface area contributed by atoms with E-state index in [0.29, 0.717) is 0 Å². The average molecular weight is 123 g/mol. The molecule has 50 valence electrons. The Bertz CT molecular complexity index is 175. The topological polar surface area (TPSA) is 12.4 Å². The molecule has 1 nitrogen and oxygen atoms in total. The van der Waals surface area contributed by atoms with Crippen LogP contribution in [0.4, 0.5) is 0 Å². The summed E-state index contributed by atoms with van der Waals surface area (Å²) in [5.74, 6) is 0. The van der Waals surface area contributed by atoms with E-state index >= 15 is 0 Å². The van der Waals surface area contributed by atoms with Crippen LogP contribution >= 0.6 is 0 Å². The summed E-state index contributed by atoms with van der Waals surface area (Å²) in [4.78, 5) is 4.26. The van der Waals surface area contributed by atoms with Crippen LogP contribution in [0.1, 0.15) is 27.2 Å². The summed E-state index contributed by atoms with van der Waals surface area (Å²) >= 11 is 0. The van der Waals surface area contributed by atoms with Gasteiger partial charge in [0.15, 0.2) is 0 Å². The van der Waals surface area contributed by atoms with Crippen LogP contribution in [-0.2, 0) is 0 Å². The molecule has 0 aromatic rings. The van der Waals surface area contributed by atoms with Gasteiger partial charge in [-0.2, -0.15) is 0 Å². The minimum atomic E-state index is 0.226. The molecular formula is C8H13N. The third-order valence-corrected chi connectivity index (χ3v) is 1.80. The van der Waals surface area contributed by atoms with E-state index in [1.54, 1.807) is 0 Å². The summed E-state index contributed by atoms with van der Waals surface area (Å²) in [5.41, 5.74) is 2.47. The highest BCUT2D eigenvalue weighted by molar-refractivity contribution is 5.86. The third kappa shape index (κ3) is 1.04. The number of aliphatic imine (C=N–C) groups is 1. The first-order chi connectivity index (χ1) is 4.02. The maximum atomic E-state index is 4.26. The molecule has 0 radical (unpaired) electrons. The van der Waals surface area contributed by atoms with Gasteiger partial charge >= 0.3 is 0 Å². The maximum absolute atomic E-state index is 4.26. The Morgan fingerprint density at radius 1 is 1.56 bits per heavy atom. The van der Waals surface area contributed by atoms with E-state index in [1.165, 1.54) is 5.71 Å². The molecule has 0 amide bonds. The molecular weight excluding hydrogens is 110 g/mol. The maximum Gasteiger partial charge on any atom is 0.0391 e. The Labute approximate surface area is 56.5 Å². The molecule has 0 saturated heterocycles. The Morgan fingerprint density at radius 3 is 2.22 bits per heavy atom. The van der Waals surface area contributed by atoms with E-state index in [2.05, 4.69) is 32.3 Å². The summed E-state index contributed by atoms with van der Waals surface area (Å²) in [7, 11) is 0. The van der Waals surface area contributed by atoms with E-state index < -0.39 is 0 Å². The van der Waals surface area contributed by atoms with Crippen molar-refractivity contribution in [3.63, 3.8) is 0 Å². The van der Waals surface area contributed by atoms with Crippen molar-refractivity contribution in [2.24, 2.45) is 10.4 Å². The van der Waals surface area contributed by atoms with E-state index in [4.69, 9.17) is 0 Å². The molecule has 0 aromatic heterocycles. The monoisotopic (exact) mass is 123 g/mol. The van der Waals surface area contributed by atoms with Crippen molar-refractivity contribution in [3.8, 4) is 0 Å². The SMILES string of the molecule is C=C1N=C(C)CC1(C)C. The van der Waals surface area contributed by atoms with Crippen molar-refractivity contribution in [2.75, 3.05) is 0 Å². The van der Waals surface area contributed by atoms with Crippen molar-refractivity contribution in [1.29, 1.82) is 0 Å². The number of rotatable bonds is 0. The van der Waals surface area contributed by atoms with Crippen molar-refractivity contribution in [2.45, 2.75) is 27.2 Å². The van der Waals surface area contributed by atoms with E-state index in [9.17, 15) is 0 Å². The lowest BCUT2D eigenvalue weighted by atomic mass is 9.88. The van der Waals surface area contributed by atoms with Crippen LogP contribution in [0, 0.1) is 5.41 Å². The third-order valence-electron chi connectivity index (χ3n) is 1.80. The molecule has 0 saturated carbocycles. The van der Waals surface area contributed by atoms with Gasteiger partial charge in [-0.3, -0.25) is 4.99 Å². The highest BCUT2D eigenvalue weighted by Gasteiger charge is 2.27. The average Bonchev–Trinajstić information content (AvgIpc) is 1.79. The molecule has 1 heteroatoms. The van der Waals surface area contributed by atoms with E-state index in [1.807, 2.05) is 0 Å². The number of nitrogens with zero attached hydrogens (tertiary/aromatic N) is 1. The lowest BCUT2D eigenvalue weighted by molar-refractivity contribution is 0.486. The van der Waals surface area contributed by atoms with Gasteiger partial charge in [0, 0.05) is 16.8 Å². The minimum absolute atomic E-state index is 0.226. The molecule has 0 N–H and O–H groups in total. The first kappa shape index (κ1) is 6.53. The number of allylic oxidation sites excluding steroid dienone is 1. The van der Waals surface area contributed by atoms with Crippen LogP contribution in [0.5, 0.6) is 0 Å². The largest absolute Gasteiger partial charge is 0.263 e. The van der Waals surface area contributed by atoms with Crippen LogP contribution in [0.15, 0.2) is 17.3 Å². The van der Waals surface area contributed by atoms with Crippen LogP contribution in [0.2, 0.25) is 0 Å². The zero-order valence-electron chi connectivity index (χ0n) is 6.36.